The predicted molar refractivity (Wildman–Crippen MR) is 70.0 cm³/mol. The van der Waals surface area contributed by atoms with Crippen molar-refractivity contribution < 1.29 is 9.53 Å². The van der Waals surface area contributed by atoms with Crippen molar-refractivity contribution in [2.75, 3.05) is 20.7 Å². The molecule has 1 N–H and O–H groups in total. The summed E-state index contributed by atoms with van der Waals surface area (Å²) in [6.07, 6.45) is 1.41. The Morgan fingerprint density at radius 1 is 1.29 bits per heavy atom. The molecule has 0 saturated carbocycles. The maximum atomic E-state index is 12.1. The zero-order valence-corrected chi connectivity index (χ0v) is 11.1. The van der Waals surface area contributed by atoms with Crippen molar-refractivity contribution in [1.29, 1.82) is 0 Å². The number of benzene rings is 1. The van der Waals surface area contributed by atoms with Crippen LogP contribution in [0, 0.1) is 13.8 Å². The van der Waals surface area contributed by atoms with E-state index in [0.29, 0.717) is 17.7 Å². The van der Waals surface area contributed by atoms with Crippen molar-refractivity contribution in [1.82, 2.24) is 5.32 Å². The number of carbonyl (C=O) groups excluding carboxylic acids is 1. The number of aryl methyl sites for hydroxylation is 2. The number of nitrogens with one attached hydrogen (secondary N) is 1. The van der Waals surface area contributed by atoms with Crippen LogP contribution in [0.4, 0.5) is 0 Å². The van der Waals surface area contributed by atoms with Crippen LogP contribution < -0.4 is 10.1 Å². The first-order chi connectivity index (χ1) is 8.10. The number of ether oxygens (including phenoxy) is 1. The summed E-state index contributed by atoms with van der Waals surface area (Å²) in [6, 6.07) is 3.86. The lowest BCUT2D eigenvalue weighted by atomic mass is 10.00. The molecule has 0 atom stereocenters. The highest BCUT2D eigenvalue weighted by atomic mass is 16.5. The molecule has 0 heterocycles. The minimum absolute atomic E-state index is 0.153. The maximum absolute atomic E-state index is 12.1. The van der Waals surface area contributed by atoms with E-state index in [1.807, 2.05) is 33.0 Å². The van der Waals surface area contributed by atoms with Crippen LogP contribution >= 0.6 is 0 Å². The fourth-order valence-electron chi connectivity index (χ4n) is 1.74. The highest BCUT2D eigenvalue weighted by Gasteiger charge is 2.13. The van der Waals surface area contributed by atoms with Gasteiger partial charge in [-0.2, -0.15) is 0 Å². The van der Waals surface area contributed by atoms with Gasteiger partial charge >= 0.3 is 0 Å². The quantitative estimate of drug-likeness (QED) is 0.608. The van der Waals surface area contributed by atoms with Gasteiger partial charge in [0.15, 0.2) is 5.78 Å². The third-order valence-corrected chi connectivity index (χ3v) is 2.95. The van der Waals surface area contributed by atoms with Gasteiger partial charge in [0.1, 0.15) is 5.75 Å². The van der Waals surface area contributed by atoms with Gasteiger partial charge in [0.05, 0.1) is 12.7 Å². The first-order valence-corrected chi connectivity index (χ1v) is 5.93. The van der Waals surface area contributed by atoms with E-state index in [-0.39, 0.29) is 5.78 Å². The average Bonchev–Trinajstić information content (AvgIpc) is 2.32. The Morgan fingerprint density at radius 2 is 1.94 bits per heavy atom. The second kappa shape index (κ2) is 6.40. The van der Waals surface area contributed by atoms with Gasteiger partial charge in [0.2, 0.25) is 0 Å². The molecule has 3 nitrogen and oxygen atoms in total. The lowest BCUT2D eigenvalue weighted by Gasteiger charge is -2.11. The predicted octanol–water partition coefficient (Wildman–Crippen LogP) is 2.49. The molecule has 0 aliphatic rings. The Bertz CT molecular complexity index is 399. The van der Waals surface area contributed by atoms with Gasteiger partial charge in [-0.25, -0.2) is 0 Å². The van der Waals surface area contributed by atoms with Crippen molar-refractivity contribution >= 4 is 5.78 Å². The number of carbonyl (C=O) groups is 1. The molecule has 0 unspecified atom stereocenters. The minimum Gasteiger partial charge on any atom is -0.496 e. The molecule has 1 rings (SSSR count). The molecule has 0 radical (unpaired) electrons. The smallest absolute Gasteiger partial charge is 0.166 e. The molecule has 0 aliphatic heterocycles. The van der Waals surface area contributed by atoms with Crippen LogP contribution in [0.25, 0.3) is 0 Å². The summed E-state index contributed by atoms with van der Waals surface area (Å²) < 4.78 is 5.27. The summed E-state index contributed by atoms with van der Waals surface area (Å²) >= 11 is 0. The lowest BCUT2D eigenvalue weighted by molar-refractivity contribution is 0.0977. The van der Waals surface area contributed by atoms with E-state index in [1.54, 1.807) is 7.11 Å². The summed E-state index contributed by atoms with van der Waals surface area (Å²) in [5, 5.41) is 3.04. The van der Waals surface area contributed by atoms with Gasteiger partial charge in [-0.15, -0.1) is 0 Å². The number of rotatable bonds is 6. The van der Waals surface area contributed by atoms with Crippen molar-refractivity contribution in [3.8, 4) is 5.75 Å². The first-order valence-electron chi connectivity index (χ1n) is 5.93. The van der Waals surface area contributed by atoms with Crippen LogP contribution in [-0.2, 0) is 0 Å². The normalized spacial score (nSPS) is 10.4. The van der Waals surface area contributed by atoms with E-state index < -0.39 is 0 Å². The summed E-state index contributed by atoms with van der Waals surface area (Å²) in [6.45, 7) is 4.89. The van der Waals surface area contributed by atoms with Crippen LogP contribution in [0.1, 0.15) is 34.3 Å². The van der Waals surface area contributed by atoms with Gasteiger partial charge < -0.3 is 10.1 Å². The van der Waals surface area contributed by atoms with Crippen molar-refractivity contribution in [2.24, 2.45) is 0 Å². The van der Waals surface area contributed by atoms with Gasteiger partial charge in [-0.3, -0.25) is 4.79 Å². The number of hydrogen-bond acceptors (Lipinski definition) is 3. The first kappa shape index (κ1) is 13.7. The summed E-state index contributed by atoms with van der Waals surface area (Å²) in [7, 11) is 3.50. The molecule has 0 aromatic heterocycles. The summed E-state index contributed by atoms with van der Waals surface area (Å²) in [5.74, 6) is 0.836. The van der Waals surface area contributed by atoms with Crippen LogP contribution in [0.2, 0.25) is 0 Å². The van der Waals surface area contributed by atoms with Gasteiger partial charge in [-0.05, 0) is 57.1 Å². The summed E-state index contributed by atoms with van der Waals surface area (Å²) in [4.78, 5) is 12.1. The minimum atomic E-state index is 0.153. The van der Waals surface area contributed by atoms with Crippen LogP contribution in [0.15, 0.2) is 12.1 Å². The SMILES string of the molecule is CNCCCC(=O)c1cc(C)c(C)cc1OC. The molecule has 1 aromatic carbocycles. The Morgan fingerprint density at radius 3 is 2.53 bits per heavy atom. The molecular weight excluding hydrogens is 214 g/mol. The Balaban J connectivity index is 2.88. The number of Topliss-reactive ketones (excluding diaryl/α,β-unsaturated/α-hetero) is 1. The van der Waals surface area contributed by atoms with Crippen molar-refractivity contribution in [3.63, 3.8) is 0 Å². The molecule has 0 fully saturated rings. The van der Waals surface area contributed by atoms with Crippen LogP contribution in [0.5, 0.6) is 5.75 Å². The fourth-order valence-corrected chi connectivity index (χ4v) is 1.74. The molecule has 0 bridgehead atoms. The monoisotopic (exact) mass is 235 g/mol. The highest BCUT2D eigenvalue weighted by molar-refractivity contribution is 5.99. The van der Waals surface area contributed by atoms with Gasteiger partial charge in [-0.1, -0.05) is 0 Å². The fraction of sp³-hybridized carbons (Fsp3) is 0.500. The van der Waals surface area contributed by atoms with Crippen molar-refractivity contribution in [2.45, 2.75) is 26.7 Å². The Hall–Kier alpha value is -1.35. The van der Waals surface area contributed by atoms with Crippen molar-refractivity contribution in [3.05, 3.63) is 28.8 Å². The Labute approximate surface area is 103 Å². The van der Waals surface area contributed by atoms with Crippen LogP contribution in [0.3, 0.4) is 0 Å². The second-order valence-corrected chi connectivity index (χ2v) is 4.27. The zero-order valence-electron chi connectivity index (χ0n) is 11.1. The second-order valence-electron chi connectivity index (χ2n) is 4.27. The van der Waals surface area contributed by atoms with E-state index >= 15 is 0 Å². The molecule has 1 aromatic rings. The van der Waals surface area contributed by atoms with E-state index in [4.69, 9.17) is 4.74 Å². The standard InChI is InChI=1S/C14H21NO2/c1-10-8-12(13(16)6-5-7-15-3)14(17-4)9-11(10)2/h8-9,15H,5-7H2,1-4H3. The van der Waals surface area contributed by atoms with E-state index in [9.17, 15) is 4.79 Å². The average molecular weight is 235 g/mol. The Kier molecular flexibility index (Phi) is 5.16. The summed E-state index contributed by atoms with van der Waals surface area (Å²) in [5.41, 5.74) is 2.98. The van der Waals surface area contributed by atoms with Crippen LogP contribution in [-0.4, -0.2) is 26.5 Å². The molecule has 17 heavy (non-hydrogen) atoms. The number of ketones is 1. The highest BCUT2D eigenvalue weighted by Crippen LogP contribution is 2.24. The molecule has 0 spiro atoms. The molecule has 0 amide bonds. The number of hydrogen-bond donors (Lipinski definition) is 1. The van der Waals surface area contributed by atoms with E-state index in [2.05, 4.69) is 5.32 Å². The molecule has 0 aliphatic carbocycles. The van der Waals surface area contributed by atoms with E-state index in [1.165, 1.54) is 0 Å². The molecular formula is C14H21NO2. The van der Waals surface area contributed by atoms with E-state index in [0.717, 1.165) is 24.1 Å². The zero-order chi connectivity index (χ0) is 12.8. The third kappa shape index (κ3) is 3.56. The molecule has 3 heteroatoms. The number of methoxy groups -OCH3 is 1. The maximum Gasteiger partial charge on any atom is 0.166 e. The largest absolute Gasteiger partial charge is 0.496 e. The molecule has 0 saturated heterocycles. The molecule has 94 valence electrons. The topological polar surface area (TPSA) is 38.3 Å². The lowest BCUT2D eigenvalue weighted by Crippen LogP contribution is -2.11. The van der Waals surface area contributed by atoms with Gasteiger partial charge in [0.25, 0.3) is 0 Å². The van der Waals surface area contributed by atoms with Gasteiger partial charge in [0, 0.05) is 6.42 Å². The third-order valence-electron chi connectivity index (χ3n) is 2.95.